The van der Waals surface area contributed by atoms with Crippen LogP contribution in [-0.4, -0.2) is 50.0 Å². The van der Waals surface area contributed by atoms with Gasteiger partial charge in [0, 0.05) is 13.1 Å². The quantitative estimate of drug-likeness (QED) is 0.896. The molecule has 0 unspecified atom stereocenters. The van der Waals surface area contributed by atoms with Crippen molar-refractivity contribution in [3.05, 3.63) is 41.7 Å². The predicted molar refractivity (Wildman–Crippen MR) is 82.6 cm³/mol. The molecular formula is C16H15F3N4O3. The molecule has 2 heterocycles. The molecule has 3 rings (SSSR count). The van der Waals surface area contributed by atoms with Crippen molar-refractivity contribution < 1.29 is 27.9 Å². The maximum Gasteiger partial charge on any atom is 0.418 e. The van der Waals surface area contributed by atoms with Crippen molar-refractivity contribution in [2.24, 2.45) is 11.8 Å². The summed E-state index contributed by atoms with van der Waals surface area (Å²) < 4.78 is 40.2. The minimum atomic E-state index is -4.58. The van der Waals surface area contributed by atoms with Crippen molar-refractivity contribution in [3.8, 4) is 5.69 Å². The molecule has 1 N–H and O–H groups in total. The first-order valence-corrected chi connectivity index (χ1v) is 7.79. The van der Waals surface area contributed by atoms with E-state index in [1.165, 1.54) is 23.1 Å². The van der Waals surface area contributed by atoms with Crippen molar-refractivity contribution in [3.63, 3.8) is 0 Å². The highest BCUT2D eigenvalue weighted by atomic mass is 19.4. The van der Waals surface area contributed by atoms with Gasteiger partial charge in [-0.25, -0.2) is 4.68 Å². The zero-order valence-electron chi connectivity index (χ0n) is 13.6. The molecule has 2 aromatic rings. The SMILES string of the molecule is C[C@@H]1CN(C(=O)c2cn(-c3ccccc3C(F)(F)F)nn2)C[C@H]1C(=O)O. The van der Waals surface area contributed by atoms with Crippen LogP contribution in [0.5, 0.6) is 0 Å². The molecule has 0 aliphatic carbocycles. The molecule has 1 saturated heterocycles. The van der Waals surface area contributed by atoms with Gasteiger partial charge >= 0.3 is 12.1 Å². The zero-order valence-corrected chi connectivity index (χ0v) is 13.6. The minimum absolute atomic E-state index is 0.0291. The monoisotopic (exact) mass is 368 g/mol. The summed E-state index contributed by atoms with van der Waals surface area (Å²) in [6.07, 6.45) is -3.46. The number of rotatable bonds is 3. The lowest BCUT2D eigenvalue weighted by Gasteiger charge is -2.13. The first kappa shape index (κ1) is 17.9. The molecule has 26 heavy (non-hydrogen) atoms. The van der Waals surface area contributed by atoms with Crippen LogP contribution in [0.15, 0.2) is 30.5 Å². The molecule has 2 atom stereocenters. The van der Waals surface area contributed by atoms with Gasteiger partial charge in [0.25, 0.3) is 5.91 Å². The molecule has 1 aromatic carbocycles. The standard InChI is InChI=1S/C16H15F3N4O3/c1-9-6-22(7-10(9)15(25)26)14(24)12-8-23(21-20-12)13-5-3-2-4-11(13)16(17,18)19/h2-5,8-10H,6-7H2,1H3,(H,25,26)/t9-,10-/m1/s1. The summed E-state index contributed by atoms with van der Waals surface area (Å²) in [6.45, 7) is 1.99. The highest BCUT2D eigenvalue weighted by molar-refractivity contribution is 5.92. The van der Waals surface area contributed by atoms with Gasteiger partial charge < -0.3 is 10.0 Å². The number of halogens is 3. The van der Waals surface area contributed by atoms with E-state index >= 15 is 0 Å². The Morgan fingerprint density at radius 3 is 2.54 bits per heavy atom. The Balaban J connectivity index is 1.86. The normalized spacial score (nSPS) is 20.4. The van der Waals surface area contributed by atoms with Crippen LogP contribution in [0.1, 0.15) is 23.0 Å². The van der Waals surface area contributed by atoms with E-state index in [2.05, 4.69) is 10.3 Å². The molecule has 1 aliphatic heterocycles. The number of likely N-dealkylation sites (tertiary alicyclic amines) is 1. The van der Waals surface area contributed by atoms with E-state index in [-0.39, 0.29) is 30.4 Å². The van der Waals surface area contributed by atoms with Crippen molar-refractivity contribution in [2.45, 2.75) is 13.1 Å². The molecule has 0 spiro atoms. The highest BCUT2D eigenvalue weighted by Gasteiger charge is 2.38. The highest BCUT2D eigenvalue weighted by Crippen LogP contribution is 2.33. The third-order valence-electron chi connectivity index (χ3n) is 4.39. The third kappa shape index (κ3) is 3.26. The number of carbonyl (C=O) groups is 2. The summed E-state index contributed by atoms with van der Waals surface area (Å²) in [4.78, 5) is 25.0. The van der Waals surface area contributed by atoms with Gasteiger partial charge in [-0.15, -0.1) is 5.10 Å². The first-order chi connectivity index (χ1) is 12.2. The van der Waals surface area contributed by atoms with Crippen LogP contribution in [0, 0.1) is 11.8 Å². The molecule has 1 amide bonds. The molecule has 0 radical (unpaired) electrons. The van der Waals surface area contributed by atoms with Crippen LogP contribution in [0.3, 0.4) is 0 Å². The van der Waals surface area contributed by atoms with Gasteiger partial charge in [-0.05, 0) is 18.1 Å². The molecule has 7 nitrogen and oxygen atoms in total. The molecular weight excluding hydrogens is 353 g/mol. The maximum atomic E-state index is 13.1. The molecule has 0 saturated carbocycles. The lowest BCUT2D eigenvalue weighted by Crippen LogP contribution is -2.30. The summed E-state index contributed by atoms with van der Waals surface area (Å²) in [7, 11) is 0. The second-order valence-corrected chi connectivity index (χ2v) is 6.20. The Hall–Kier alpha value is -2.91. The van der Waals surface area contributed by atoms with E-state index < -0.39 is 29.5 Å². The largest absolute Gasteiger partial charge is 0.481 e. The number of hydrogen-bond acceptors (Lipinski definition) is 4. The van der Waals surface area contributed by atoms with E-state index in [0.29, 0.717) is 0 Å². The predicted octanol–water partition coefficient (Wildman–Crippen LogP) is 2.08. The van der Waals surface area contributed by atoms with Gasteiger partial charge in [-0.1, -0.05) is 24.3 Å². The second kappa shape index (κ2) is 6.43. The summed E-state index contributed by atoms with van der Waals surface area (Å²) in [5.41, 5.74) is -1.28. The number of carboxylic acid groups (broad SMARTS) is 1. The second-order valence-electron chi connectivity index (χ2n) is 6.20. The molecule has 10 heteroatoms. The molecule has 138 valence electrons. The topological polar surface area (TPSA) is 88.3 Å². The van der Waals surface area contributed by atoms with E-state index in [4.69, 9.17) is 5.11 Å². The smallest absolute Gasteiger partial charge is 0.418 e. The molecule has 1 aliphatic rings. The van der Waals surface area contributed by atoms with Crippen molar-refractivity contribution in [2.75, 3.05) is 13.1 Å². The number of aliphatic carboxylic acids is 1. The van der Waals surface area contributed by atoms with Crippen molar-refractivity contribution >= 4 is 11.9 Å². The van der Waals surface area contributed by atoms with Gasteiger partial charge in [-0.2, -0.15) is 13.2 Å². The number of para-hydroxylation sites is 1. The van der Waals surface area contributed by atoms with Gasteiger partial charge in [0.05, 0.1) is 23.4 Å². The van der Waals surface area contributed by atoms with Crippen LogP contribution in [0.4, 0.5) is 13.2 Å². The summed E-state index contributed by atoms with van der Waals surface area (Å²) in [6, 6.07) is 4.82. The number of nitrogens with zero attached hydrogens (tertiary/aromatic N) is 4. The third-order valence-corrected chi connectivity index (χ3v) is 4.39. The minimum Gasteiger partial charge on any atom is -0.481 e. The lowest BCUT2D eigenvalue weighted by atomic mass is 9.99. The zero-order chi connectivity index (χ0) is 19.1. The van der Waals surface area contributed by atoms with Crippen molar-refractivity contribution in [1.29, 1.82) is 0 Å². The Morgan fingerprint density at radius 2 is 1.92 bits per heavy atom. The summed E-state index contributed by atoms with van der Waals surface area (Å²) >= 11 is 0. The summed E-state index contributed by atoms with van der Waals surface area (Å²) in [5.74, 6) is -2.45. The fourth-order valence-electron chi connectivity index (χ4n) is 3.01. The number of amides is 1. The number of alkyl halides is 3. The Kier molecular flexibility index (Phi) is 4.43. The van der Waals surface area contributed by atoms with Crippen LogP contribution in [0.2, 0.25) is 0 Å². The van der Waals surface area contributed by atoms with Crippen LogP contribution in [-0.2, 0) is 11.0 Å². The molecule has 0 bridgehead atoms. The Labute approximate surface area is 146 Å². The van der Waals surface area contributed by atoms with Crippen LogP contribution < -0.4 is 0 Å². The average Bonchev–Trinajstić information content (AvgIpc) is 3.20. The van der Waals surface area contributed by atoms with Crippen LogP contribution in [0.25, 0.3) is 5.69 Å². The van der Waals surface area contributed by atoms with Gasteiger partial charge in [-0.3, -0.25) is 9.59 Å². The maximum absolute atomic E-state index is 13.1. The first-order valence-electron chi connectivity index (χ1n) is 7.79. The van der Waals surface area contributed by atoms with Crippen molar-refractivity contribution in [1.82, 2.24) is 19.9 Å². The number of carbonyl (C=O) groups excluding carboxylic acids is 1. The number of hydrogen-bond donors (Lipinski definition) is 1. The van der Waals surface area contributed by atoms with E-state index in [9.17, 15) is 22.8 Å². The van der Waals surface area contributed by atoms with Gasteiger partial charge in [0.1, 0.15) is 0 Å². The summed E-state index contributed by atoms with van der Waals surface area (Å²) in [5, 5.41) is 16.4. The van der Waals surface area contributed by atoms with Gasteiger partial charge in [0.2, 0.25) is 0 Å². The number of aromatic nitrogens is 3. The molecule has 1 aromatic heterocycles. The Morgan fingerprint density at radius 1 is 1.23 bits per heavy atom. The van der Waals surface area contributed by atoms with E-state index in [0.717, 1.165) is 16.9 Å². The fraction of sp³-hybridized carbons (Fsp3) is 0.375. The Bertz CT molecular complexity index is 849. The lowest BCUT2D eigenvalue weighted by molar-refractivity contribution is -0.142. The number of benzene rings is 1. The average molecular weight is 368 g/mol. The van der Waals surface area contributed by atoms with E-state index in [1.807, 2.05) is 0 Å². The van der Waals surface area contributed by atoms with E-state index in [1.54, 1.807) is 6.92 Å². The molecule has 1 fully saturated rings. The van der Waals surface area contributed by atoms with Gasteiger partial charge in [0.15, 0.2) is 5.69 Å². The fourth-order valence-corrected chi connectivity index (χ4v) is 3.01. The number of carboxylic acids is 1. The van der Waals surface area contributed by atoms with Crippen LogP contribution >= 0.6 is 0 Å².